The molecule has 0 aliphatic carbocycles. The van der Waals surface area contributed by atoms with Crippen molar-refractivity contribution in [2.45, 2.75) is 32.4 Å². The number of ether oxygens (including phenoxy) is 1. The van der Waals surface area contributed by atoms with Gasteiger partial charge in [0.2, 0.25) is 0 Å². The number of hydrogen-bond acceptors (Lipinski definition) is 4. The largest absolute Gasteiger partial charge is 0.487 e. The molecule has 0 spiro atoms. The van der Waals surface area contributed by atoms with Crippen molar-refractivity contribution < 1.29 is 9.13 Å². The highest BCUT2D eigenvalue weighted by molar-refractivity contribution is 7.07. The summed E-state index contributed by atoms with van der Waals surface area (Å²) in [4.78, 5) is 16.9. The van der Waals surface area contributed by atoms with Crippen LogP contribution in [0.15, 0.2) is 40.0 Å². The molecule has 1 aromatic carbocycles. The minimum Gasteiger partial charge on any atom is -0.487 e. The summed E-state index contributed by atoms with van der Waals surface area (Å²) in [6, 6.07) is 5.37. The van der Waals surface area contributed by atoms with Crippen LogP contribution in [0.3, 0.4) is 0 Å². The Labute approximate surface area is 155 Å². The highest BCUT2D eigenvalue weighted by Gasteiger charge is 2.22. The predicted octanol–water partition coefficient (Wildman–Crippen LogP) is 4.08. The van der Waals surface area contributed by atoms with Crippen molar-refractivity contribution in [3.63, 3.8) is 0 Å². The number of piperidine rings is 1. The first-order valence-electron chi connectivity index (χ1n) is 8.82. The zero-order valence-electron chi connectivity index (χ0n) is 14.6. The maximum atomic E-state index is 14.9. The third-order valence-electron chi connectivity index (χ3n) is 4.98. The molecule has 1 N–H and O–H groups in total. The second-order valence-electron chi connectivity index (χ2n) is 6.83. The van der Waals surface area contributed by atoms with Crippen molar-refractivity contribution in [2.75, 3.05) is 13.1 Å². The number of likely N-dealkylation sites (tertiary alicyclic amines) is 1. The van der Waals surface area contributed by atoms with E-state index < -0.39 is 5.82 Å². The van der Waals surface area contributed by atoms with E-state index in [0.29, 0.717) is 16.3 Å². The molecular weight excluding hydrogens is 351 g/mol. The number of hydrogen-bond donors (Lipinski definition) is 1. The van der Waals surface area contributed by atoms with E-state index in [4.69, 9.17) is 4.74 Å². The Balaban J connectivity index is 1.46. The Kier molecular flexibility index (Phi) is 4.78. The Bertz CT molecular complexity index is 960. The number of pyridine rings is 1. The van der Waals surface area contributed by atoms with Gasteiger partial charge in [-0.1, -0.05) is 0 Å². The van der Waals surface area contributed by atoms with Crippen LogP contribution in [0.2, 0.25) is 0 Å². The summed E-state index contributed by atoms with van der Waals surface area (Å²) in [5.74, 6) is -0.200. The lowest BCUT2D eigenvalue weighted by atomic mass is 10.1. The van der Waals surface area contributed by atoms with Crippen LogP contribution in [-0.4, -0.2) is 29.1 Å². The number of nitrogens with zero attached hydrogens (tertiary/aromatic N) is 1. The van der Waals surface area contributed by atoms with Crippen LogP contribution in [0.1, 0.15) is 24.0 Å². The van der Waals surface area contributed by atoms with Gasteiger partial charge in [-0.3, -0.25) is 9.69 Å². The minimum absolute atomic E-state index is 0.00276. The number of H-pyrrole nitrogens is 1. The van der Waals surface area contributed by atoms with Crippen molar-refractivity contribution in [3.8, 4) is 5.75 Å². The Morgan fingerprint density at radius 3 is 2.85 bits per heavy atom. The second kappa shape index (κ2) is 7.21. The molecule has 6 heteroatoms. The highest BCUT2D eigenvalue weighted by atomic mass is 32.1. The van der Waals surface area contributed by atoms with E-state index in [2.05, 4.69) is 26.7 Å². The number of aromatic amines is 1. The van der Waals surface area contributed by atoms with Crippen LogP contribution in [0.4, 0.5) is 4.39 Å². The summed E-state index contributed by atoms with van der Waals surface area (Å²) >= 11 is 1.72. The van der Waals surface area contributed by atoms with Crippen LogP contribution < -0.4 is 10.3 Å². The number of thiophene rings is 1. The maximum absolute atomic E-state index is 14.9. The van der Waals surface area contributed by atoms with E-state index >= 15 is 0 Å². The van der Waals surface area contributed by atoms with E-state index in [0.717, 1.165) is 32.5 Å². The number of halogens is 1. The van der Waals surface area contributed by atoms with Gasteiger partial charge >= 0.3 is 0 Å². The topological polar surface area (TPSA) is 45.3 Å². The average Bonchev–Trinajstić information content (AvgIpc) is 3.15. The molecule has 4 rings (SSSR count). The first-order chi connectivity index (χ1) is 12.6. The van der Waals surface area contributed by atoms with Crippen molar-refractivity contribution >= 4 is 22.1 Å². The van der Waals surface area contributed by atoms with Gasteiger partial charge in [0.25, 0.3) is 5.56 Å². The third-order valence-corrected chi connectivity index (χ3v) is 5.71. The zero-order valence-corrected chi connectivity index (χ0v) is 15.4. The molecule has 3 heterocycles. The molecule has 0 bridgehead atoms. The molecule has 0 radical (unpaired) electrons. The van der Waals surface area contributed by atoms with Gasteiger partial charge in [-0.2, -0.15) is 11.3 Å². The molecule has 2 aromatic heterocycles. The van der Waals surface area contributed by atoms with Gasteiger partial charge in [0.15, 0.2) is 11.6 Å². The monoisotopic (exact) mass is 372 g/mol. The lowest BCUT2D eigenvalue weighted by Crippen LogP contribution is -2.37. The maximum Gasteiger partial charge on any atom is 0.255 e. The number of benzene rings is 1. The van der Waals surface area contributed by atoms with Crippen LogP contribution in [0.25, 0.3) is 10.8 Å². The molecule has 3 aromatic rings. The van der Waals surface area contributed by atoms with Crippen LogP contribution in [0, 0.1) is 12.7 Å². The molecule has 1 aliphatic heterocycles. The predicted molar refractivity (Wildman–Crippen MR) is 103 cm³/mol. The Morgan fingerprint density at radius 2 is 2.12 bits per heavy atom. The summed E-state index contributed by atoms with van der Waals surface area (Å²) in [5.41, 5.74) is 1.77. The fourth-order valence-corrected chi connectivity index (χ4v) is 4.21. The van der Waals surface area contributed by atoms with Gasteiger partial charge in [0.05, 0.1) is 5.39 Å². The molecule has 136 valence electrons. The molecule has 4 nitrogen and oxygen atoms in total. The van der Waals surface area contributed by atoms with Crippen molar-refractivity contribution in [2.24, 2.45) is 0 Å². The van der Waals surface area contributed by atoms with Gasteiger partial charge in [0.1, 0.15) is 6.10 Å². The minimum atomic E-state index is -0.438. The number of fused-ring (bicyclic) bond motifs is 1. The Hall–Kier alpha value is -2.18. The number of nitrogens with one attached hydrogen (secondary N) is 1. The van der Waals surface area contributed by atoms with Crippen molar-refractivity contribution in [3.05, 3.63) is 62.5 Å². The normalized spacial score (nSPS) is 16.2. The molecule has 0 unspecified atom stereocenters. The van der Waals surface area contributed by atoms with Gasteiger partial charge < -0.3 is 9.72 Å². The quantitative estimate of drug-likeness (QED) is 0.751. The van der Waals surface area contributed by atoms with E-state index in [1.54, 1.807) is 36.6 Å². The molecule has 1 saturated heterocycles. The lowest BCUT2D eigenvalue weighted by Gasteiger charge is -2.32. The summed E-state index contributed by atoms with van der Waals surface area (Å²) in [7, 11) is 0. The first kappa shape index (κ1) is 17.2. The molecule has 26 heavy (non-hydrogen) atoms. The number of rotatable bonds is 4. The van der Waals surface area contributed by atoms with Gasteiger partial charge in [-0.25, -0.2) is 4.39 Å². The number of aromatic nitrogens is 1. The second-order valence-corrected chi connectivity index (χ2v) is 7.61. The molecule has 1 aliphatic rings. The zero-order chi connectivity index (χ0) is 18.1. The molecule has 0 saturated carbocycles. The average molecular weight is 372 g/mol. The molecule has 1 fully saturated rings. The third kappa shape index (κ3) is 3.39. The van der Waals surface area contributed by atoms with Crippen LogP contribution >= 0.6 is 11.3 Å². The van der Waals surface area contributed by atoms with E-state index in [-0.39, 0.29) is 17.4 Å². The lowest BCUT2D eigenvalue weighted by molar-refractivity contribution is 0.0939. The number of aryl methyl sites for hydroxylation is 1. The summed E-state index contributed by atoms with van der Waals surface area (Å²) in [5, 5.41) is 4.99. The van der Waals surface area contributed by atoms with E-state index in [1.807, 2.05) is 0 Å². The molecule has 0 atom stereocenters. The van der Waals surface area contributed by atoms with Crippen LogP contribution in [-0.2, 0) is 6.54 Å². The highest BCUT2D eigenvalue weighted by Crippen LogP contribution is 2.29. The van der Waals surface area contributed by atoms with Crippen molar-refractivity contribution in [1.29, 1.82) is 0 Å². The summed E-state index contributed by atoms with van der Waals surface area (Å²) < 4.78 is 20.9. The molecular formula is C20H21FN2O2S. The Morgan fingerprint density at radius 1 is 1.31 bits per heavy atom. The van der Waals surface area contributed by atoms with Crippen molar-refractivity contribution in [1.82, 2.24) is 9.88 Å². The fraction of sp³-hybridized carbons (Fsp3) is 0.350. The first-order valence-corrected chi connectivity index (χ1v) is 9.76. The summed E-state index contributed by atoms with van der Waals surface area (Å²) in [6.45, 7) is 4.62. The SMILES string of the molecule is Cc1c[nH]c(=O)c2ccc(OC3CCN(Cc4ccsc4)CC3)c(F)c12. The summed E-state index contributed by atoms with van der Waals surface area (Å²) in [6.07, 6.45) is 3.29. The standard InChI is InChI=1S/C20H21FN2O2S/c1-13-10-22-20(24)16-2-3-17(19(21)18(13)16)25-15-4-7-23(8-5-15)11-14-6-9-26-12-14/h2-3,6,9-10,12,15H,4-5,7-8,11H2,1H3,(H,22,24). The van der Waals surface area contributed by atoms with Crippen LogP contribution in [0.5, 0.6) is 5.75 Å². The smallest absolute Gasteiger partial charge is 0.255 e. The van der Waals surface area contributed by atoms with E-state index in [1.165, 1.54) is 5.56 Å². The fourth-order valence-electron chi connectivity index (χ4n) is 3.55. The van der Waals surface area contributed by atoms with E-state index in [9.17, 15) is 9.18 Å². The van der Waals surface area contributed by atoms with Gasteiger partial charge in [-0.05, 0) is 59.9 Å². The van der Waals surface area contributed by atoms with Gasteiger partial charge in [0, 0.05) is 31.2 Å². The molecule has 0 amide bonds. The van der Waals surface area contributed by atoms with Gasteiger partial charge in [-0.15, -0.1) is 0 Å².